The quantitative estimate of drug-likeness (QED) is 0.405. The molecule has 0 aromatic carbocycles. The highest BCUT2D eigenvalue weighted by Crippen LogP contribution is 2.30. The molecule has 9 nitrogen and oxygen atoms in total. The second kappa shape index (κ2) is 8.23. The Morgan fingerprint density at radius 2 is 2.06 bits per heavy atom. The number of rotatable bonds is 6. The zero-order valence-corrected chi connectivity index (χ0v) is 16.9. The van der Waals surface area contributed by atoms with E-state index in [1.54, 1.807) is 23.3 Å². The number of H-pyrrole nitrogens is 1. The van der Waals surface area contributed by atoms with Crippen molar-refractivity contribution in [1.29, 1.82) is 0 Å². The molecular weight excluding hydrogens is 404 g/mol. The van der Waals surface area contributed by atoms with E-state index in [2.05, 4.69) is 36.8 Å². The molecule has 0 aliphatic rings. The molecule has 0 saturated heterocycles. The van der Waals surface area contributed by atoms with Gasteiger partial charge in [-0.15, -0.1) is 0 Å². The van der Waals surface area contributed by atoms with Crippen LogP contribution in [-0.4, -0.2) is 40.6 Å². The number of anilines is 1. The maximum absolute atomic E-state index is 12.0. The van der Waals surface area contributed by atoms with Crippen LogP contribution in [-0.2, 0) is 11.3 Å². The molecule has 0 atom stereocenters. The van der Waals surface area contributed by atoms with Crippen LogP contribution in [0.1, 0.15) is 5.69 Å². The van der Waals surface area contributed by atoms with Crippen LogP contribution in [0.2, 0.25) is 0 Å². The number of hydrogen-bond acceptors (Lipinski definition) is 6. The van der Waals surface area contributed by atoms with Crippen molar-refractivity contribution in [3.05, 3.63) is 85.9 Å². The van der Waals surface area contributed by atoms with Crippen LogP contribution in [0.15, 0.2) is 80.2 Å². The summed E-state index contributed by atoms with van der Waals surface area (Å²) >= 11 is 0. The van der Waals surface area contributed by atoms with E-state index in [0.717, 1.165) is 33.5 Å². The third-order valence-electron chi connectivity index (χ3n) is 4.94. The number of aromatic nitrogens is 7. The maximum Gasteiger partial charge on any atom is 0.248 e. The lowest BCUT2D eigenvalue weighted by atomic mass is 10.1. The molecule has 2 N–H and O–H groups in total. The molecule has 0 aliphatic carbocycles. The molecule has 0 saturated carbocycles. The van der Waals surface area contributed by atoms with E-state index in [1.807, 2.05) is 42.6 Å². The second-order valence-corrected chi connectivity index (χ2v) is 7.00. The van der Waals surface area contributed by atoms with Crippen molar-refractivity contribution >= 4 is 22.8 Å². The van der Waals surface area contributed by atoms with Gasteiger partial charge in [-0.05, 0) is 30.3 Å². The minimum atomic E-state index is -0.316. The lowest BCUT2D eigenvalue weighted by molar-refractivity contribution is -0.111. The predicted molar refractivity (Wildman–Crippen MR) is 121 cm³/mol. The molecule has 1 amide bonds. The number of carbonyl (C=O) groups excluding carboxylic acids is 1. The fourth-order valence-corrected chi connectivity index (χ4v) is 3.41. The van der Waals surface area contributed by atoms with Crippen molar-refractivity contribution in [2.75, 3.05) is 5.32 Å². The Bertz CT molecular complexity index is 1410. The van der Waals surface area contributed by atoms with Gasteiger partial charge in [0.25, 0.3) is 0 Å². The van der Waals surface area contributed by atoms with Gasteiger partial charge >= 0.3 is 0 Å². The summed E-state index contributed by atoms with van der Waals surface area (Å²) in [4.78, 5) is 32.3. The number of nitrogens with zero attached hydrogens (tertiary/aromatic N) is 6. The number of fused-ring (bicyclic) bond motifs is 1. The van der Waals surface area contributed by atoms with E-state index < -0.39 is 0 Å². The van der Waals surface area contributed by atoms with E-state index >= 15 is 0 Å². The van der Waals surface area contributed by atoms with Crippen molar-refractivity contribution in [2.45, 2.75) is 6.54 Å². The smallest absolute Gasteiger partial charge is 0.248 e. The zero-order valence-electron chi connectivity index (χ0n) is 16.9. The predicted octanol–water partition coefficient (Wildman–Crippen LogP) is 3.45. The lowest BCUT2D eigenvalue weighted by Gasteiger charge is -2.06. The van der Waals surface area contributed by atoms with Gasteiger partial charge in [0, 0.05) is 47.4 Å². The average molecular weight is 422 g/mol. The molecule has 0 spiro atoms. The average Bonchev–Trinajstić information content (AvgIpc) is 3.44. The van der Waals surface area contributed by atoms with E-state index in [1.165, 1.54) is 12.4 Å². The third kappa shape index (κ3) is 3.74. The summed E-state index contributed by atoms with van der Waals surface area (Å²) in [6, 6.07) is 11.3. The van der Waals surface area contributed by atoms with E-state index in [0.29, 0.717) is 18.1 Å². The number of amides is 1. The number of nitrogens with one attached hydrogen (secondary N) is 2. The van der Waals surface area contributed by atoms with Gasteiger partial charge in [0.05, 0.1) is 23.6 Å². The second-order valence-electron chi connectivity index (χ2n) is 7.00. The first kappa shape index (κ1) is 19.3. The normalized spacial score (nSPS) is 10.9. The van der Waals surface area contributed by atoms with Gasteiger partial charge in [-0.1, -0.05) is 12.6 Å². The van der Waals surface area contributed by atoms with Crippen LogP contribution >= 0.6 is 0 Å². The maximum atomic E-state index is 12.0. The topological polar surface area (TPSA) is 114 Å². The van der Waals surface area contributed by atoms with Crippen LogP contribution in [0.4, 0.5) is 5.82 Å². The summed E-state index contributed by atoms with van der Waals surface area (Å²) < 4.78 is 1.70. The fourth-order valence-electron chi connectivity index (χ4n) is 3.41. The summed E-state index contributed by atoms with van der Waals surface area (Å²) in [7, 11) is 0. The minimum absolute atomic E-state index is 0.316. The van der Waals surface area contributed by atoms with Crippen LogP contribution in [0.25, 0.3) is 33.5 Å². The van der Waals surface area contributed by atoms with Gasteiger partial charge in [-0.25, -0.2) is 19.6 Å². The van der Waals surface area contributed by atoms with Gasteiger partial charge < -0.3 is 10.3 Å². The summed E-state index contributed by atoms with van der Waals surface area (Å²) in [5, 5.41) is 8.43. The van der Waals surface area contributed by atoms with Crippen molar-refractivity contribution in [1.82, 2.24) is 34.7 Å². The van der Waals surface area contributed by atoms with Crippen LogP contribution in [0, 0.1) is 0 Å². The molecule has 0 aliphatic heterocycles. The van der Waals surface area contributed by atoms with Crippen LogP contribution in [0.3, 0.4) is 0 Å². The first-order valence-corrected chi connectivity index (χ1v) is 9.86. The Morgan fingerprint density at radius 3 is 2.84 bits per heavy atom. The molecule has 5 aromatic rings. The number of pyridine rings is 2. The third-order valence-corrected chi connectivity index (χ3v) is 4.94. The summed E-state index contributed by atoms with van der Waals surface area (Å²) in [5.74, 6) is 0.227. The highest BCUT2D eigenvalue weighted by molar-refractivity contribution is 5.99. The zero-order chi connectivity index (χ0) is 21.9. The molecule has 156 valence electrons. The van der Waals surface area contributed by atoms with Gasteiger partial charge in [0.15, 0.2) is 0 Å². The van der Waals surface area contributed by atoms with Crippen molar-refractivity contribution in [3.63, 3.8) is 0 Å². The first-order chi connectivity index (χ1) is 15.7. The molecule has 32 heavy (non-hydrogen) atoms. The van der Waals surface area contributed by atoms with Crippen LogP contribution in [0.5, 0.6) is 0 Å². The Kier molecular flexibility index (Phi) is 4.97. The van der Waals surface area contributed by atoms with Crippen molar-refractivity contribution in [3.8, 4) is 22.5 Å². The molecule has 5 rings (SSSR count). The Labute approximate surface area is 182 Å². The highest BCUT2D eigenvalue weighted by Gasteiger charge is 2.15. The van der Waals surface area contributed by atoms with Gasteiger partial charge in [-0.3, -0.25) is 9.78 Å². The lowest BCUT2D eigenvalue weighted by Crippen LogP contribution is -2.13. The molecule has 0 unspecified atom stereocenters. The highest BCUT2D eigenvalue weighted by atomic mass is 16.1. The van der Waals surface area contributed by atoms with Crippen molar-refractivity contribution in [2.24, 2.45) is 0 Å². The molecule has 0 bridgehead atoms. The molecule has 9 heteroatoms. The molecule has 5 heterocycles. The van der Waals surface area contributed by atoms with Crippen molar-refractivity contribution < 1.29 is 4.79 Å². The summed E-state index contributed by atoms with van der Waals surface area (Å²) in [5.41, 5.74) is 4.76. The Balaban J connectivity index is 1.57. The summed E-state index contributed by atoms with van der Waals surface area (Å²) in [6.45, 7) is 3.93. The van der Waals surface area contributed by atoms with Gasteiger partial charge in [0.1, 0.15) is 17.8 Å². The monoisotopic (exact) mass is 422 g/mol. The van der Waals surface area contributed by atoms with E-state index in [4.69, 9.17) is 5.10 Å². The first-order valence-electron chi connectivity index (χ1n) is 9.86. The number of carbonyl (C=O) groups is 1. The Hall–Kier alpha value is -4.66. The standard InChI is InChI=1S/C23H18N8O/c1-2-22(32)29-21-10-20(30-31(21)13-16-5-3-4-7-25-16)15-9-17-18(12-27-23(17)26-11-15)19-6-8-24-14-28-19/h2-12,14H,1,13H2,(H,26,27)(H,29,32). The largest absolute Gasteiger partial charge is 0.345 e. The number of hydrogen-bond donors (Lipinski definition) is 2. The number of aromatic amines is 1. The van der Waals surface area contributed by atoms with E-state index in [-0.39, 0.29) is 5.91 Å². The summed E-state index contributed by atoms with van der Waals surface area (Å²) in [6.07, 6.45) is 9.78. The van der Waals surface area contributed by atoms with Gasteiger partial charge in [-0.2, -0.15) is 5.10 Å². The minimum Gasteiger partial charge on any atom is -0.345 e. The molecule has 0 radical (unpaired) electrons. The Morgan fingerprint density at radius 1 is 1.12 bits per heavy atom. The van der Waals surface area contributed by atoms with Gasteiger partial charge in [0.2, 0.25) is 5.91 Å². The van der Waals surface area contributed by atoms with Crippen LogP contribution < -0.4 is 5.32 Å². The molecule has 0 fully saturated rings. The SMILES string of the molecule is C=CC(=O)Nc1cc(-c2cnc3[nH]cc(-c4ccncn4)c3c2)nn1Cc1ccccn1. The molecular formula is C23H18N8O. The fraction of sp³-hybridized carbons (Fsp3) is 0.0435. The van der Waals surface area contributed by atoms with E-state index in [9.17, 15) is 4.79 Å². The molecule has 5 aromatic heterocycles.